The molecule has 0 aliphatic heterocycles. The Bertz CT molecular complexity index is 3600. The lowest BCUT2D eigenvalue weighted by molar-refractivity contribution is 1.01. The number of hydrogen-bond donors (Lipinski definition) is 0. The quantitative estimate of drug-likeness (QED) is 0.134. The van der Waals surface area contributed by atoms with Crippen molar-refractivity contribution in [2.75, 3.05) is 0 Å². The molecule has 13 rings (SSSR count). The number of nitrogens with zero attached hydrogens (tertiary/aromatic N) is 7. The molecule has 0 N–H and O–H groups in total. The van der Waals surface area contributed by atoms with Crippen molar-refractivity contribution in [3.8, 4) is 96.3 Å². The first-order chi connectivity index (χ1) is 34.2. The van der Waals surface area contributed by atoms with Crippen LogP contribution in [0.2, 0.25) is 0 Å². The molecule has 0 saturated carbocycles. The molecule has 7 nitrogen and oxygen atoms in total. The van der Waals surface area contributed by atoms with Gasteiger partial charge in [0, 0.05) is 39.1 Å². The van der Waals surface area contributed by atoms with Crippen LogP contribution in [0.4, 0.5) is 0 Å². The van der Waals surface area contributed by atoms with Crippen LogP contribution >= 0.6 is 0 Å². The molecule has 0 saturated heterocycles. The summed E-state index contributed by atoms with van der Waals surface area (Å²) >= 11 is 0. The Labute approximate surface area is 398 Å². The van der Waals surface area contributed by atoms with Gasteiger partial charge < -0.3 is 0 Å². The molecule has 0 fully saturated rings. The summed E-state index contributed by atoms with van der Waals surface area (Å²) in [5, 5.41) is 4.64. The van der Waals surface area contributed by atoms with Crippen molar-refractivity contribution in [1.29, 1.82) is 0 Å². The maximum Gasteiger partial charge on any atom is 0.200 e. The molecule has 7 heteroatoms. The lowest BCUT2D eigenvalue weighted by Gasteiger charge is -2.14. The Hall–Kier alpha value is -9.46. The van der Waals surface area contributed by atoms with Crippen molar-refractivity contribution in [2.45, 2.75) is 0 Å². The van der Waals surface area contributed by atoms with E-state index in [2.05, 4.69) is 150 Å². The summed E-state index contributed by atoms with van der Waals surface area (Å²) < 4.78 is 2.27. The zero-order valence-corrected chi connectivity index (χ0v) is 37.1. The molecule has 4 aromatic heterocycles. The first kappa shape index (κ1) is 39.9. The van der Waals surface area contributed by atoms with Crippen LogP contribution in [-0.4, -0.2) is 34.5 Å². The second-order valence-electron chi connectivity index (χ2n) is 17.1. The Morgan fingerprint density at radius 1 is 0.246 bits per heavy atom. The smallest absolute Gasteiger partial charge is 0.200 e. The fourth-order valence-electron chi connectivity index (χ4n) is 9.64. The van der Waals surface area contributed by atoms with Crippen LogP contribution in [0.5, 0.6) is 0 Å². The molecule has 0 atom stereocenters. The second-order valence-corrected chi connectivity index (χ2v) is 17.1. The maximum atomic E-state index is 5.49. The molecular formula is C62H39N7. The van der Waals surface area contributed by atoms with Crippen molar-refractivity contribution in [2.24, 2.45) is 0 Å². The van der Waals surface area contributed by atoms with Gasteiger partial charge in [0.25, 0.3) is 0 Å². The summed E-state index contributed by atoms with van der Waals surface area (Å²) in [5.41, 5.74) is 14.1. The van der Waals surface area contributed by atoms with E-state index in [9.17, 15) is 0 Å². The van der Waals surface area contributed by atoms with Gasteiger partial charge in [0.1, 0.15) is 11.5 Å². The molecule has 0 aliphatic rings. The largest absolute Gasteiger partial charge is 0.294 e. The number of hydrogen-bond acceptors (Lipinski definition) is 6. The Morgan fingerprint density at radius 2 is 0.565 bits per heavy atom. The molecule has 322 valence electrons. The fourth-order valence-corrected chi connectivity index (χ4v) is 9.64. The second kappa shape index (κ2) is 16.8. The Balaban J connectivity index is 1.12. The highest BCUT2D eigenvalue weighted by atomic mass is 15.1. The first-order valence-electron chi connectivity index (χ1n) is 23.0. The van der Waals surface area contributed by atoms with E-state index in [0.29, 0.717) is 29.0 Å². The molecule has 0 radical (unpaired) electrons. The zero-order valence-electron chi connectivity index (χ0n) is 37.1. The predicted octanol–water partition coefficient (Wildman–Crippen LogP) is 15.1. The third kappa shape index (κ3) is 7.17. The number of benzene rings is 9. The summed E-state index contributed by atoms with van der Waals surface area (Å²) in [4.78, 5) is 31.9. The topological polar surface area (TPSA) is 82.3 Å². The van der Waals surface area contributed by atoms with Gasteiger partial charge in [-0.05, 0) is 57.3 Å². The van der Waals surface area contributed by atoms with Crippen molar-refractivity contribution in [3.05, 3.63) is 237 Å². The van der Waals surface area contributed by atoms with Crippen molar-refractivity contribution >= 4 is 32.6 Å². The molecule has 0 unspecified atom stereocenters. The summed E-state index contributed by atoms with van der Waals surface area (Å²) in [7, 11) is 0. The monoisotopic (exact) mass is 881 g/mol. The molecule has 0 spiro atoms. The molecule has 0 aliphatic carbocycles. The Morgan fingerprint density at radius 3 is 0.942 bits per heavy atom. The van der Waals surface area contributed by atoms with Crippen LogP contribution in [-0.2, 0) is 0 Å². The van der Waals surface area contributed by atoms with E-state index >= 15 is 0 Å². The summed E-state index contributed by atoms with van der Waals surface area (Å²) in [5.74, 6) is 1.82. The van der Waals surface area contributed by atoms with Gasteiger partial charge in [-0.25, -0.2) is 29.9 Å². The molecule has 9 aromatic carbocycles. The molecule has 0 amide bonds. The van der Waals surface area contributed by atoms with Gasteiger partial charge in [0.2, 0.25) is 0 Å². The average Bonchev–Trinajstić information content (AvgIpc) is 3.78. The highest BCUT2D eigenvalue weighted by Gasteiger charge is 2.24. The van der Waals surface area contributed by atoms with E-state index in [1.807, 2.05) is 91.0 Å². The molecule has 69 heavy (non-hydrogen) atoms. The summed E-state index contributed by atoms with van der Waals surface area (Å²) in [6.07, 6.45) is 0. The normalized spacial score (nSPS) is 11.5. The fraction of sp³-hybridized carbons (Fsp3) is 0. The third-order valence-electron chi connectivity index (χ3n) is 12.9. The van der Waals surface area contributed by atoms with E-state index in [4.69, 9.17) is 29.9 Å². The maximum absolute atomic E-state index is 5.49. The van der Waals surface area contributed by atoms with E-state index in [-0.39, 0.29) is 0 Å². The number of rotatable bonds is 9. The van der Waals surface area contributed by atoms with Gasteiger partial charge in [-0.3, -0.25) is 4.57 Å². The van der Waals surface area contributed by atoms with Crippen molar-refractivity contribution < 1.29 is 0 Å². The van der Waals surface area contributed by atoms with Crippen molar-refractivity contribution in [3.63, 3.8) is 0 Å². The zero-order chi connectivity index (χ0) is 45.7. The van der Waals surface area contributed by atoms with E-state index < -0.39 is 0 Å². The van der Waals surface area contributed by atoms with Crippen LogP contribution < -0.4 is 0 Å². The van der Waals surface area contributed by atoms with Gasteiger partial charge in [-0.1, -0.05) is 206 Å². The lowest BCUT2D eigenvalue weighted by atomic mass is 9.91. The van der Waals surface area contributed by atoms with Gasteiger partial charge in [0.15, 0.2) is 17.5 Å². The van der Waals surface area contributed by atoms with Crippen LogP contribution in [0.15, 0.2) is 237 Å². The SMILES string of the molecule is c1ccc(-c2cc(-c3ccccc3)nc(-c3cc(-n4c5ccc(-c6ccccc6)c6ccc7c(-c8ccccc8)ccc4c7c65)nc(-c4nc(-c5ccccc5)cc(-c5ccccc5)n4)n3)n2)cc1. The van der Waals surface area contributed by atoms with Crippen LogP contribution in [0, 0.1) is 0 Å². The predicted molar refractivity (Wildman–Crippen MR) is 280 cm³/mol. The van der Waals surface area contributed by atoms with E-state index in [1.165, 1.54) is 0 Å². The van der Waals surface area contributed by atoms with Gasteiger partial charge in [-0.2, -0.15) is 0 Å². The summed E-state index contributed by atoms with van der Waals surface area (Å²) in [6, 6.07) is 81.6. The van der Waals surface area contributed by atoms with Crippen LogP contribution in [0.25, 0.3) is 129 Å². The average molecular weight is 882 g/mol. The Kier molecular flexibility index (Phi) is 9.68. The molecular weight excluding hydrogens is 843 g/mol. The van der Waals surface area contributed by atoms with Gasteiger partial charge >= 0.3 is 0 Å². The molecule has 4 heterocycles. The summed E-state index contributed by atoms with van der Waals surface area (Å²) in [6.45, 7) is 0. The van der Waals surface area contributed by atoms with Crippen molar-refractivity contribution in [1.82, 2.24) is 34.5 Å². The lowest BCUT2D eigenvalue weighted by Crippen LogP contribution is -2.06. The van der Waals surface area contributed by atoms with Crippen LogP contribution in [0.1, 0.15) is 0 Å². The minimum absolute atomic E-state index is 0.345. The highest BCUT2D eigenvalue weighted by molar-refractivity contribution is 6.28. The highest BCUT2D eigenvalue weighted by Crippen LogP contribution is 2.45. The van der Waals surface area contributed by atoms with Gasteiger partial charge in [-0.15, -0.1) is 0 Å². The van der Waals surface area contributed by atoms with E-state index in [0.717, 1.165) is 99.9 Å². The molecule has 13 aromatic rings. The minimum atomic E-state index is 0.345. The van der Waals surface area contributed by atoms with Crippen LogP contribution in [0.3, 0.4) is 0 Å². The van der Waals surface area contributed by atoms with Gasteiger partial charge in [0.05, 0.1) is 33.8 Å². The minimum Gasteiger partial charge on any atom is -0.294 e. The standard InChI is InChI=1S/C62H39N7/c1-7-19-40(20-8-1)46-33-35-55-58-48(46)31-32-49-47(41-21-9-2-10-22-41)34-36-56(59(49)58)69(55)57-39-54(60-63-50(42-23-11-3-12-24-42)37-51(64-60)43-25-13-4-14-26-43)67-62(68-57)61-65-52(44-27-15-5-16-28-44)38-53(66-61)45-29-17-6-18-30-45/h1-39H. The third-order valence-corrected chi connectivity index (χ3v) is 12.9. The molecule has 0 bridgehead atoms. The number of aromatic nitrogens is 7. The van der Waals surface area contributed by atoms with E-state index in [1.54, 1.807) is 0 Å². The first-order valence-corrected chi connectivity index (χ1v) is 23.0.